The molecule has 0 unspecified atom stereocenters. The number of allylic oxidation sites excluding steroid dienone is 2. The van der Waals surface area contributed by atoms with Crippen LogP contribution in [0.5, 0.6) is 0 Å². The fourth-order valence-corrected chi connectivity index (χ4v) is 7.48. The summed E-state index contributed by atoms with van der Waals surface area (Å²) in [5.41, 5.74) is 1.84. The molecule has 63 heavy (non-hydrogen) atoms. The first-order valence-electron chi connectivity index (χ1n) is 23.4. The molecule has 0 fully saturated rings. The number of esters is 3. The number of benzene rings is 3. The van der Waals surface area contributed by atoms with E-state index in [1.165, 1.54) is 49.8 Å². The van der Waals surface area contributed by atoms with Crippen molar-refractivity contribution in [2.75, 3.05) is 32.9 Å². The standard InChI is InChI=1S/C54H75NO8/c1-45(2)51(58)62-41-31-20-18-16-14-12-10-8-6-7-9-11-13-15-17-19-30-38-49(56)60-42-39-55(52(59)63-53(3,4)5)40-43-61-50(57)44-54(46-32-24-21-25-33-46,47-34-26-22-27-35-47)48-36-28-23-29-37-48/h6-7,21-29,32-37H,1,8-20,30-31,38-44H2,2-5H3/b7-6+. The summed E-state index contributed by atoms with van der Waals surface area (Å²) in [6, 6.07) is 29.9. The fourth-order valence-electron chi connectivity index (χ4n) is 7.48. The predicted molar refractivity (Wildman–Crippen MR) is 252 cm³/mol. The number of carbonyl (C=O) groups excluding carboxylic acids is 4. The maximum Gasteiger partial charge on any atom is 0.410 e. The van der Waals surface area contributed by atoms with E-state index >= 15 is 0 Å². The van der Waals surface area contributed by atoms with Crippen LogP contribution in [0.1, 0.15) is 154 Å². The van der Waals surface area contributed by atoms with Gasteiger partial charge in [-0.2, -0.15) is 0 Å². The third kappa shape index (κ3) is 21.2. The number of ether oxygens (including phenoxy) is 4. The summed E-state index contributed by atoms with van der Waals surface area (Å²) in [7, 11) is 0. The smallest absolute Gasteiger partial charge is 0.410 e. The molecule has 0 saturated carbocycles. The summed E-state index contributed by atoms with van der Waals surface area (Å²) >= 11 is 0. The van der Waals surface area contributed by atoms with Gasteiger partial charge in [0.25, 0.3) is 0 Å². The van der Waals surface area contributed by atoms with Crippen molar-refractivity contribution in [3.8, 4) is 0 Å². The first-order chi connectivity index (χ1) is 30.4. The second-order valence-corrected chi connectivity index (χ2v) is 17.4. The van der Waals surface area contributed by atoms with Crippen LogP contribution in [0, 0.1) is 0 Å². The van der Waals surface area contributed by atoms with Gasteiger partial charge in [0.2, 0.25) is 0 Å². The lowest BCUT2D eigenvalue weighted by Gasteiger charge is -2.35. The number of rotatable bonds is 31. The Balaban J connectivity index is 1.31. The van der Waals surface area contributed by atoms with Crippen LogP contribution in [0.15, 0.2) is 115 Å². The molecule has 1 amide bonds. The van der Waals surface area contributed by atoms with Crippen molar-refractivity contribution in [1.82, 2.24) is 4.90 Å². The van der Waals surface area contributed by atoms with E-state index in [1.54, 1.807) is 27.7 Å². The van der Waals surface area contributed by atoms with Crippen molar-refractivity contribution in [3.05, 3.63) is 132 Å². The van der Waals surface area contributed by atoms with Crippen LogP contribution in [-0.4, -0.2) is 67.4 Å². The van der Waals surface area contributed by atoms with Crippen LogP contribution in [0.3, 0.4) is 0 Å². The minimum Gasteiger partial charge on any atom is -0.464 e. The molecule has 3 aromatic carbocycles. The highest BCUT2D eigenvalue weighted by atomic mass is 16.6. The SMILES string of the molecule is C=C(C)C(=O)OCCCCCCCCC/C=C/CCCCCCCCC(=O)OCCN(CCOC(=O)CC(c1ccccc1)(c1ccccc1)c1ccccc1)C(=O)OC(C)(C)C. The Morgan fingerprint density at radius 1 is 0.540 bits per heavy atom. The molecular formula is C54H75NO8. The van der Waals surface area contributed by atoms with Crippen LogP contribution in [0.2, 0.25) is 0 Å². The van der Waals surface area contributed by atoms with Crippen molar-refractivity contribution in [2.24, 2.45) is 0 Å². The predicted octanol–water partition coefficient (Wildman–Crippen LogP) is 12.7. The van der Waals surface area contributed by atoms with E-state index in [-0.39, 0.29) is 44.7 Å². The van der Waals surface area contributed by atoms with Gasteiger partial charge in [0, 0.05) is 12.0 Å². The molecule has 9 heteroatoms. The number of hydrogen-bond acceptors (Lipinski definition) is 8. The van der Waals surface area contributed by atoms with Crippen molar-refractivity contribution in [2.45, 2.75) is 148 Å². The van der Waals surface area contributed by atoms with Crippen LogP contribution < -0.4 is 0 Å². The summed E-state index contributed by atoms with van der Waals surface area (Å²) < 4.78 is 22.1. The van der Waals surface area contributed by atoms with Crippen molar-refractivity contribution < 1.29 is 38.1 Å². The van der Waals surface area contributed by atoms with Crippen molar-refractivity contribution >= 4 is 24.0 Å². The first-order valence-corrected chi connectivity index (χ1v) is 23.4. The highest BCUT2D eigenvalue weighted by molar-refractivity contribution is 5.86. The van der Waals surface area contributed by atoms with Gasteiger partial charge in [-0.1, -0.05) is 168 Å². The normalized spacial score (nSPS) is 11.6. The van der Waals surface area contributed by atoms with Crippen LogP contribution in [0.25, 0.3) is 0 Å². The van der Waals surface area contributed by atoms with E-state index < -0.39 is 23.1 Å². The summed E-state index contributed by atoms with van der Waals surface area (Å²) in [4.78, 5) is 52.3. The van der Waals surface area contributed by atoms with Crippen molar-refractivity contribution in [1.29, 1.82) is 0 Å². The van der Waals surface area contributed by atoms with Crippen LogP contribution in [0.4, 0.5) is 4.79 Å². The molecule has 3 aromatic rings. The van der Waals surface area contributed by atoms with Gasteiger partial charge in [-0.3, -0.25) is 9.59 Å². The van der Waals surface area contributed by atoms with E-state index in [1.807, 2.05) is 91.0 Å². The molecule has 0 spiro atoms. The van der Waals surface area contributed by atoms with E-state index in [9.17, 15) is 19.2 Å². The molecule has 0 aliphatic rings. The highest BCUT2D eigenvalue weighted by Crippen LogP contribution is 2.42. The third-order valence-corrected chi connectivity index (χ3v) is 10.9. The second-order valence-electron chi connectivity index (χ2n) is 17.4. The molecule has 9 nitrogen and oxygen atoms in total. The minimum atomic E-state index is -0.798. The van der Waals surface area contributed by atoms with Gasteiger partial charge in [-0.25, -0.2) is 9.59 Å². The minimum absolute atomic E-state index is 0.0243. The van der Waals surface area contributed by atoms with E-state index in [0.29, 0.717) is 18.6 Å². The molecule has 0 atom stereocenters. The molecule has 0 aromatic heterocycles. The number of hydrogen-bond donors (Lipinski definition) is 0. The van der Waals surface area contributed by atoms with Gasteiger partial charge in [0.1, 0.15) is 18.8 Å². The average molecular weight is 866 g/mol. The van der Waals surface area contributed by atoms with Gasteiger partial charge in [0.15, 0.2) is 0 Å². The maximum atomic E-state index is 13.8. The zero-order chi connectivity index (χ0) is 45.6. The Morgan fingerprint density at radius 3 is 1.40 bits per heavy atom. The number of nitrogens with zero attached hydrogens (tertiary/aromatic N) is 1. The summed E-state index contributed by atoms with van der Waals surface area (Å²) in [6.45, 7) is 11.3. The van der Waals surface area contributed by atoms with Gasteiger partial charge in [-0.05, 0) is 82.9 Å². The zero-order valence-corrected chi connectivity index (χ0v) is 38.8. The monoisotopic (exact) mass is 866 g/mol. The second kappa shape index (κ2) is 30.0. The zero-order valence-electron chi connectivity index (χ0n) is 38.8. The third-order valence-electron chi connectivity index (χ3n) is 10.9. The van der Waals surface area contributed by atoms with Crippen LogP contribution >= 0.6 is 0 Å². The molecule has 344 valence electrons. The summed E-state index contributed by atoms with van der Waals surface area (Å²) in [6.07, 6.45) is 21.3. The highest BCUT2D eigenvalue weighted by Gasteiger charge is 2.39. The van der Waals surface area contributed by atoms with E-state index in [2.05, 4.69) is 18.7 Å². The van der Waals surface area contributed by atoms with Gasteiger partial charge < -0.3 is 23.8 Å². The van der Waals surface area contributed by atoms with Crippen molar-refractivity contribution in [3.63, 3.8) is 0 Å². The lowest BCUT2D eigenvalue weighted by atomic mass is 9.67. The first kappa shape index (κ1) is 52.2. The Hall–Kier alpha value is -5.18. The maximum absolute atomic E-state index is 13.8. The molecule has 3 rings (SSSR count). The largest absolute Gasteiger partial charge is 0.464 e. The Labute approximate surface area is 378 Å². The number of carbonyl (C=O) groups is 4. The molecule has 0 aliphatic heterocycles. The van der Waals surface area contributed by atoms with Gasteiger partial charge in [-0.15, -0.1) is 0 Å². The van der Waals surface area contributed by atoms with E-state index in [4.69, 9.17) is 18.9 Å². The number of amides is 1. The number of unbranched alkanes of at least 4 members (excludes halogenated alkanes) is 13. The molecule has 0 bridgehead atoms. The topological polar surface area (TPSA) is 108 Å². The quantitative estimate of drug-likeness (QED) is 0.0157. The van der Waals surface area contributed by atoms with Gasteiger partial charge in [0.05, 0.1) is 31.5 Å². The molecule has 0 aliphatic carbocycles. The summed E-state index contributed by atoms with van der Waals surface area (Å²) in [5.74, 6) is -0.980. The molecule has 0 saturated heterocycles. The van der Waals surface area contributed by atoms with Crippen LogP contribution in [-0.2, 0) is 38.7 Å². The lowest BCUT2D eigenvalue weighted by molar-refractivity contribution is -0.145. The summed E-state index contributed by atoms with van der Waals surface area (Å²) in [5, 5.41) is 0. The molecule has 0 N–H and O–H groups in total. The fraction of sp³-hybridized carbons (Fsp3) is 0.519. The van der Waals surface area contributed by atoms with E-state index in [0.717, 1.165) is 68.1 Å². The average Bonchev–Trinajstić information content (AvgIpc) is 3.27. The Bertz CT molecular complexity index is 1690. The lowest BCUT2D eigenvalue weighted by Crippen LogP contribution is -2.41. The Kier molecular flexibility index (Phi) is 24.8. The Morgan fingerprint density at radius 2 is 0.952 bits per heavy atom. The molecule has 0 radical (unpaired) electrons. The molecular weight excluding hydrogens is 791 g/mol. The molecule has 0 heterocycles. The van der Waals surface area contributed by atoms with Gasteiger partial charge >= 0.3 is 24.0 Å².